The number of hydrogen-bond donors (Lipinski definition) is 1. The SMILES string of the molecule is Cc1cc(F)ccc1C(N)c1cnccn1. The minimum atomic E-state index is -0.366. The van der Waals surface area contributed by atoms with Gasteiger partial charge in [0.1, 0.15) is 5.82 Å². The predicted octanol–water partition coefficient (Wildman–Crippen LogP) is 1.97. The zero-order valence-corrected chi connectivity index (χ0v) is 8.89. The van der Waals surface area contributed by atoms with Gasteiger partial charge in [-0.05, 0) is 30.2 Å². The highest BCUT2D eigenvalue weighted by molar-refractivity contribution is 5.33. The van der Waals surface area contributed by atoms with Gasteiger partial charge in [0.15, 0.2) is 0 Å². The number of halogens is 1. The van der Waals surface area contributed by atoms with Gasteiger partial charge in [-0.3, -0.25) is 9.97 Å². The Morgan fingerprint density at radius 3 is 2.75 bits per heavy atom. The Bertz CT molecular complexity index is 485. The van der Waals surface area contributed by atoms with Crippen LogP contribution in [0.1, 0.15) is 22.9 Å². The molecule has 1 atom stereocenters. The zero-order valence-electron chi connectivity index (χ0n) is 8.89. The van der Waals surface area contributed by atoms with Crippen molar-refractivity contribution in [2.24, 2.45) is 5.73 Å². The molecule has 1 heterocycles. The van der Waals surface area contributed by atoms with Gasteiger partial charge in [-0.25, -0.2) is 4.39 Å². The first-order valence-corrected chi connectivity index (χ1v) is 4.96. The highest BCUT2D eigenvalue weighted by Crippen LogP contribution is 2.21. The smallest absolute Gasteiger partial charge is 0.123 e. The molecule has 16 heavy (non-hydrogen) atoms. The van der Waals surface area contributed by atoms with Crippen molar-refractivity contribution >= 4 is 0 Å². The Morgan fingerprint density at radius 2 is 2.12 bits per heavy atom. The highest BCUT2D eigenvalue weighted by atomic mass is 19.1. The van der Waals surface area contributed by atoms with E-state index in [9.17, 15) is 4.39 Å². The van der Waals surface area contributed by atoms with E-state index in [2.05, 4.69) is 9.97 Å². The lowest BCUT2D eigenvalue weighted by atomic mass is 10.00. The minimum Gasteiger partial charge on any atom is -0.319 e. The van der Waals surface area contributed by atoms with Gasteiger partial charge in [0, 0.05) is 12.4 Å². The fraction of sp³-hybridized carbons (Fsp3) is 0.167. The molecule has 0 aliphatic carbocycles. The van der Waals surface area contributed by atoms with E-state index in [1.165, 1.54) is 12.1 Å². The summed E-state index contributed by atoms with van der Waals surface area (Å²) in [5.74, 6) is -0.257. The molecule has 0 saturated carbocycles. The molecule has 1 aromatic carbocycles. The average molecular weight is 217 g/mol. The largest absolute Gasteiger partial charge is 0.319 e. The van der Waals surface area contributed by atoms with Crippen molar-refractivity contribution in [3.05, 3.63) is 59.4 Å². The summed E-state index contributed by atoms with van der Waals surface area (Å²) in [7, 11) is 0. The maximum atomic E-state index is 12.9. The van der Waals surface area contributed by atoms with Gasteiger partial charge in [-0.2, -0.15) is 0 Å². The first kappa shape index (κ1) is 10.7. The summed E-state index contributed by atoms with van der Waals surface area (Å²) in [4.78, 5) is 8.10. The van der Waals surface area contributed by atoms with Gasteiger partial charge < -0.3 is 5.73 Å². The number of nitrogens with two attached hydrogens (primary N) is 1. The zero-order chi connectivity index (χ0) is 11.5. The average Bonchev–Trinajstić information content (AvgIpc) is 2.29. The van der Waals surface area contributed by atoms with E-state index in [4.69, 9.17) is 5.73 Å². The van der Waals surface area contributed by atoms with Crippen LogP contribution in [-0.2, 0) is 0 Å². The lowest BCUT2D eigenvalue weighted by Crippen LogP contribution is -2.15. The number of rotatable bonds is 2. The molecule has 0 radical (unpaired) electrons. The Morgan fingerprint density at radius 1 is 1.31 bits per heavy atom. The first-order valence-electron chi connectivity index (χ1n) is 4.96. The van der Waals surface area contributed by atoms with Gasteiger partial charge in [-0.1, -0.05) is 6.07 Å². The molecule has 0 bridgehead atoms. The van der Waals surface area contributed by atoms with Crippen molar-refractivity contribution in [3.8, 4) is 0 Å². The number of aromatic nitrogens is 2. The summed E-state index contributed by atoms with van der Waals surface area (Å²) in [5, 5.41) is 0. The van der Waals surface area contributed by atoms with Crippen LogP contribution < -0.4 is 5.73 Å². The van der Waals surface area contributed by atoms with Gasteiger partial charge >= 0.3 is 0 Å². The molecule has 82 valence electrons. The van der Waals surface area contributed by atoms with Crippen LogP contribution in [0.4, 0.5) is 4.39 Å². The van der Waals surface area contributed by atoms with E-state index in [1.807, 2.05) is 6.92 Å². The minimum absolute atomic E-state index is 0.257. The third kappa shape index (κ3) is 2.06. The number of nitrogens with zero attached hydrogens (tertiary/aromatic N) is 2. The Hall–Kier alpha value is -1.81. The predicted molar refractivity (Wildman–Crippen MR) is 59.2 cm³/mol. The fourth-order valence-electron chi connectivity index (χ4n) is 1.62. The van der Waals surface area contributed by atoms with E-state index in [0.29, 0.717) is 5.69 Å². The van der Waals surface area contributed by atoms with E-state index >= 15 is 0 Å². The van der Waals surface area contributed by atoms with E-state index in [1.54, 1.807) is 24.7 Å². The Balaban J connectivity index is 2.38. The van der Waals surface area contributed by atoms with Crippen LogP contribution in [0.2, 0.25) is 0 Å². The summed E-state index contributed by atoms with van der Waals surface area (Å²) in [5.41, 5.74) is 8.40. The second-order valence-electron chi connectivity index (χ2n) is 3.61. The first-order chi connectivity index (χ1) is 7.68. The molecule has 0 amide bonds. The van der Waals surface area contributed by atoms with Crippen LogP contribution in [0.15, 0.2) is 36.8 Å². The molecule has 0 spiro atoms. The number of hydrogen-bond acceptors (Lipinski definition) is 3. The molecular formula is C12H12FN3. The standard InChI is InChI=1S/C12H12FN3/c1-8-6-9(13)2-3-10(8)12(14)11-7-15-4-5-16-11/h2-7,12H,14H2,1H3. The van der Waals surface area contributed by atoms with Crippen LogP contribution in [0, 0.1) is 12.7 Å². The lowest BCUT2D eigenvalue weighted by molar-refractivity contribution is 0.624. The molecule has 0 aliphatic heterocycles. The summed E-state index contributed by atoms with van der Waals surface area (Å²) >= 11 is 0. The molecule has 0 saturated heterocycles. The molecule has 1 aromatic heterocycles. The van der Waals surface area contributed by atoms with Crippen molar-refractivity contribution in [2.45, 2.75) is 13.0 Å². The van der Waals surface area contributed by atoms with E-state index in [0.717, 1.165) is 11.1 Å². The third-order valence-electron chi connectivity index (χ3n) is 2.47. The molecule has 2 N–H and O–H groups in total. The maximum absolute atomic E-state index is 12.9. The maximum Gasteiger partial charge on any atom is 0.123 e. The topological polar surface area (TPSA) is 51.8 Å². The molecule has 2 aromatic rings. The van der Waals surface area contributed by atoms with Crippen molar-refractivity contribution in [1.82, 2.24) is 9.97 Å². The van der Waals surface area contributed by atoms with Crippen LogP contribution in [0.5, 0.6) is 0 Å². The van der Waals surface area contributed by atoms with Crippen molar-refractivity contribution in [2.75, 3.05) is 0 Å². The quantitative estimate of drug-likeness (QED) is 0.836. The molecular weight excluding hydrogens is 205 g/mol. The van der Waals surface area contributed by atoms with E-state index in [-0.39, 0.29) is 11.9 Å². The fourth-order valence-corrected chi connectivity index (χ4v) is 1.62. The van der Waals surface area contributed by atoms with Crippen molar-refractivity contribution < 1.29 is 4.39 Å². The van der Waals surface area contributed by atoms with Gasteiger partial charge in [0.05, 0.1) is 17.9 Å². The molecule has 4 heteroatoms. The number of aryl methyl sites for hydroxylation is 1. The second-order valence-corrected chi connectivity index (χ2v) is 3.61. The Labute approximate surface area is 93.2 Å². The van der Waals surface area contributed by atoms with Crippen molar-refractivity contribution in [3.63, 3.8) is 0 Å². The van der Waals surface area contributed by atoms with Crippen molar-refractivity contribution in [1.29, 1.82) is 0 Å². The molecule has 1 unspecified atom stereocenters. The Kier molecular flexibility index (Phi) is 2.92. The number of benzene rings is 1. The second kappa shape index (κ2) is 4.37. The summed E-state index contributed by atoms with van der Waals surface area (Å²) < 4.78 is 12.9. The van der Waals surface area contributed by atoms with Crippen LogP contribution >= 0.6 is 0 Å². The monoisotopic (exact) mass is 217 g/mol. The van der Waals surface area contributed by atoms with Gasteiger partial charge in [-0.15, -0.1) is 0 Å². The third-order valence-corrected chi connectivity index (χ3v) is 2.47. The van der Waals surface area contributed by atoms with Crippen LogP contribution in [-0.4, -0.2) is 9.97 Å². The van der Waals surface area contributed by atoms with Gasteiger partial charge in [0.25, 0.3) is 0 Å². The molecule has 0 fully saturated rings. The lowest BCUT2D eigenvalue weighted by Gasteiger charge is -2.13. The van der Waals surface area contributed by atoms with E-state index < -0.39 is 0 Å². The highest BCUT2D eigenvalue weighted by Gasteiger charge is 2.12. The molecule has 2 rings (SSSR count). The molecule has 3 nitrogen and oxygen atoms in total. The van der Waals surface area contributed by atoms with Gasteiger partial charge in [0.2, 0.25) is 0 Å². The van der Waals surface area contributed by atoms with Crippen LogP contribution in [0.3, 0.4) is 0 Å². The summed E-state index contributed by atoms with van der Waals surface area (Å²) in [6.45, 7) is 1.83. The summed E-state index contributed by atoms with van der Waals surface area (Å²) in [6.07, 6.45) is 4.80. The van der Waals surface area contributed by atoms with Crippen LogP contribution in [0.25, 0.3) is 0 Å². The molecule has 0 aliphatic rings. The summed E-state index contributed by atoms with van der Waals surface area (Å²) in [6, 6.07) is 4.18. The normalized spacial score (nSPS) is 12.4.